The normalized spacial score (nSPS) is 18.1. The number of methoxy groups -OCH3 is 1. The summed E-state index contributed by atoms with van der Waals surface area (Å²) in [6.45, 7) is 14.6. The molecule has 1 saturated heterocycles. The molecular formula is C34H60N4O6. The lowest BCUT2D eigenvalue weighted by Crippen LogP contribution is -2.52. The maximum atomic E-state index is 13.3. The number of nitrogens with zero attached hydrogens (tertiary/aromatic N) is 1. The number of benzene rings is 1. The maximum Gasteiger partial charge on any atom is 0.255 e. The molecule has 1 aliphatic rings. The van der Waals surface area contributed by atoms with Crippen molar-refractivity contribution in [2.24, 2.45) is 29.4 Å². The molecule has 10 heteroatoms. The maximum absolute atomic E-state index is 13.3. The molecule has 0 saturated carbocycles. The van der Waals surface area contributed by atoms with Crippen molar-refractivity contribution in [1.29, 1.82) is 0 Å². The number of aliphatic hydroxyl groups is 1. The van der Waals surface area contributed by atoms with Gasteiger partial charge in [0.2, 0.25) is 5.91 Å². The first-order valence-corrected chi connectivity index (χ1v) is 16.6. The quantitative estimate of drug-likeness (QED) is 0.153. The van der Waals surface area contributed by atoms with E-state index in [4.69, 9.17) is 19.9 Å². The van der Waals surface area contributed by atoms with Gasteiger partial charge in [0, 0.05) is 52.4 Å². The van der Waals surface area contributed by atoms with Gasteiger partial charge in [-0.2, -0.15) is 0 Å². The van der Waals surface area contributed by atoms with E-state index in [2.05, 4.69) is 38.3 Å². The number of hydrogen-bond donors (Lipinski definition) is 4. The van der Waals surface area contributed by atoms with Crippen molar-refractivity contribution in [2.75, 3.05) is 53.1 Å². The summed E-state index contributed by atoms with van der Waals surface area (Å²) in [5, 5.41) is 17.5. The van der Waals surface area contributed by atoms with Gasteiger partial charge in [0.25, 0.3) is 5.91 Å². The molecule has 1 fully saturated rings. The summed E-state index contributed by atoms with van der Waals surface area (Å²) in [6, 6.07) is 6.83. The topological polar surface area (TPSA) is 135 Å². The summed E-state index contributed by atoms with van der Waals surface area (Å²) >= 11 is 0. The number of amides is 2. The standard InChI is InChI=1S/C34H60N4O6/c1-7-38(33-23-36-15-18-44-33)32(40)21-26(24(2)3)20-30(39)29(35)19-27(25(4)5)22-37-34(41)28-13-9-10-14-31(28)43-17-12-8-11-16-42-6/h9-10,13-14,24-27,29-30,33,36,39H,7-8,11-12,15-23,35H2,1-6H3,(H,37,41)/t26-,27+,29-,30-,33?/m0/s1. The molecule has 0 aromatic heterocycles. The molecule has 0 bridgehead atoms. The molecule has 252 valence electrons. The van der Waals surface area contributed by atoms with Crippen molar-refractivity contribution in [2.45, 2.75) is 91.5 Å². The number of carbonyl (C=O) groups excluding carboxylic acids is 2. The molecule has 1 heterocycles. The average molecular weight is 621 g/mol. The average Bonchev–Trinajstić information content (AvgIpc) is 3.01. The van der Waals surface area contributed by atoms with Gasteiger partial charge in [0.15, 0.2) is 0 Å². The van der Waals surface area contributed by atoms with Gasteiger partial charge in [-0.25, -0.2) is 0 Å². The van der Waals surface area contributed by atoms with E-state index in [9.17, 15) is 14.7 Å². The van der Waals surface area contributed by atoms with E-state index in [0.717, 1.165) is 32.4 Å². The predicted molar refractivity (Wildman–Crippen MR) is 174 cm³/mol. The smallest absolute Gasteiger partial charge is 0.255 e. The van der Waals surface area contributed by atoms with Crippen molar-refractivity contribution >= 4 is 11.8 Å². The van der Waals surface area contributed by atoms with Crippen LogP contribution in [-0.2, 0) is 14.3 Å². The molecule has 0 aliphatic carbocycles. The van der Waals surface area contributed by atoms with Crippen molar-refractivity contribution in [3.8, 4) is 5.75 Å². The minimum atomic E-state index is -0.757. The van der Waals surface area contributed by atoms with Crippen molar-refractivity contribution in [1.82, 2.24) is 15.5 Å². The van der Waals surface area contributed by atoms with Crippen LogP contribution in [0.1, 0.15) is 83.5 Å². The van der Waals surface area contributed by atoms with Gasteiger partial charge in [-0.1, -0.05) is 39.8 Å². The third-order valence-electron chi connectivity index (χ3n) is 8.76. The zero-order chi connectivity index (χ0) is 32.5. The lowest BCUT2D eigenvalue weighted by molar-refractivity contribution is -0.149. The summed E-state index contributed by atoms with van der Waals surface area (Å²) in [4.78, 5) is 28.2. The first kappa shape index (κ1) is 37.9. The molecule has 2 amide bonds. The van der Waals surface area contributed by atoms with Gasteiger partial charge in [0.1, 0.15) is 12.0 Å². The highest BCUT2D eigenvalue weighted by molar-refractivity contribution is 5.96. The van der Waals surface area contributed by atoms with Crippen LogP contribution in [0.2, 0.25) is 0 Å². The molecule has 44 heavy (non-hydrogen) atoms. The SMILES string of the molecule is CCN(C(=O)C[C@H](C[C@H](O)[C@@H](N)C[C@H](CNC(=O)c1ccccc1OCCCCCOC)C(C)C)C(C)C)C1CNCCO1. The van der Waals surface area contributed by atoms with Crippen LogP contribution in [0.3, 0.4) is 0 Å². The monoisotopic (exact) mass is 620 g/mol. The first-order valence-electron chi connectivity index (χ1n) is 16.6. The van der Waals surface area contributed by atoms with Gasteiger partial charge in [-0.15, -0.1) is 0 Å². The number of carbonyl (C=O) groups is 2. The van der Waals surface area contributed by atoms with Gasteiger partial charge in [0.05, 0.1) is 24.9 Å². The van der Waals surface area contributed by atoms with Crippen molar-refractivity contribution < 1.29 is 28.9 Å². The fourth-order valence-electron chi connectivity index (χ4n) is 5.61. The Bertz CT molecular complexity index is 955. The molecule has 0 spiro atoms. The van der Waals surface area contributed by atoms with Crippen molar-refractivity contribution in [3.05, 3.63) is 29.8 Å². The molecule has 5 N–H and O–H groups in total. The number of nitrogens with two attached hydrogens (primary N) is 1. The van der Waals surface area contributed by atoms with E-state index < -0.39 is 12.1 Å². The number of morpholine rings is 1. The van der Waals surface area contributed by atoms with E-state index in [1.807, 2.05) is 25.1 Å². The second-order valence-corrected chi connectivity index (χ2v) is 12.7. The van der Waals surface area contributed by atoms with E-state index in [-0.39, 0.29) is 41.7 Å². The van der Waals surface area contributed by atoms with Crippen LogP contribution in [-0.4, -0.2) is 93.3 Å². The number of hydrogen-bond acceptors (Lipinski definition) is 8. The lowest BCUT2D eigenvalue weighted by atomic mass is 9.82. The molecule has 10 nitrogen and oxygen atoms in total. The summed E-state index contributed by atoms with van der Waals surface area (Å²) in [6.07, 6.45) is 3.21. The summed E-state index contributed by atoms with van der Waals surface area (Å²) in [5.74, 6) is 0.947. The Morgan fingerprint density at radius 3 is 2.43 bits per heavy atom. The van der Waals surface area contributed by atoms with Crippen LogP contribution >= 0.6 is 0 Å². The molecule has 1 unspecified atom stereocenters. The highest BCUT2D eigenvalue weighted by atomic mass is 16.5. The summed E-state index contributed by atoms with van der Waals surface area (Å²) < 4.78 is 16.8. The van der Waals surface area contributed by atoms with E-state index in [0.29, 0.717) is 63.4 Å². The first-order chi connectivity index (χ1) is 21.1. The van der Waals surface area contributed by atoms with Gasteiger partial charge < -0.3 is 40.6 Å². The molecule has 0 radical (unpaired) electrons. The second-order valence-electron chi connectivity index (χ2n) is 12.7. The minimum Gasteiger partial charge on any atom is -0.493 e. The molecule has 5 atom stereocenters. The molecular weight excluding hydrogens is 560 g/mol. The Balaban J connectivity index is 1.92. The number of unbranched alkanes of at least 4 members (excludes halogenated alkanes) is 2. The Hall–Kier alpha value is -2.24. The molecule has 1 aromatic carbocycles. The highest BCUT2D eigenvalue weighted by Gasteiger charge is 2.31. The number of ether oxygens (including phenoxy) is 3. The summed E-state index contributed by atoms with van der Waals surface area (Å²) in [5.41, 5.74) is 7.07. The van der Waals surface area contributed by atoms with E-state index >= 15 is 0 Å². The molecule has 1 aromatic rings. The molecule has 2 rings (SSSR count). The third kappa shape index (κ3) is 13.0. The number of likely N-dealkylation sites (N-methyl/N-ethyl adjacent to an activating group) is 1. The van der Waals surface area contributed by atoms with E-state index in [1.165, 1.54) is 0 Å². The Morgan fingerprint density at radius 1 is 1.09 bits per heavy atom. The lowest BCUT2D eigenvalue weighted by Gasteiger charge is -2.35. The summed E-state index contributed by atoms with van der Waals surface area (Å²) in [7, 11) is 1.70. The van der Waals surface area contributed by atoms with Crippen LogP contribution in [0.25, 0.3) is 0 Å². The number of para-hydroxylation sites is 1. The van der Waals surface area contributed by atoms with E-state index in [1.54, 1.807) is 18.1 Å². The van der Waals surface area contributed by atoms with Crippen LogP contribution < -0.4 is 21.1 Å². The third-order valence-corrected chi connectivity index (χ3v) is 8.76. The Labute approximate surface area is 265 Å². The van der Waals surface area contributed by atoms with Crippen molar-refractivity contribution in [3.63, 3.8) is 0 Å². The Morgan fingerprint density at radius 2 is 1.80 bits per heavy atom. The van der Waals surface area contributed by atoms with Gasteiger partial charge >= 0.3 is 0 Å². The fourth-order valence-corrected chi connectivity index (χ4v) is 5.61. The van der Waals surface area contributed by atoms with Crippen LogP contribution in [0, 0.1) is 23.7 Å². The second kappa shape index (κ2) is 20.7. The largest absolute Gasteiger partial charge is 0.493 e. The van der Waals surface area contributed by atoms with Gasteiger partial charge in [-0.05, 0) is 74.8 Å². The number of nitrogens with one attached hydrogen (secondary N) is 2. The molecule has 1 aliphatic heterocycles. The minimum absolute atomic E-state index is 0.0113. The zero-order valence-corrected chi connectivity index (χ0v) is 28.1. The zero-order valence-electron chi connectivity index (χ0n) is 28.1. The van der Waals surface area contributed by atoms with Crippen LogP contribution in [0.15, 0.2) is 24.3 Å². The predicted octanol–water partition coefficient (Wildman–Crippen LogP) is 3.81. The van der Waals surface area contributed by atoms with Gasteiger partial charge in [-0.3, -0.25) is 9.59 Å². The Kier molecular flexibility index (Phi) is 17.9. The number of aliphatic hydroxyl groups excluding tert-OH is 1. The van der Waals surface area contributed by atoms with Crippen LogP contribution in [0.5, 0.6) is 5.75 Å². The van der Waals surface area contributed by atoms with Crippen LogP contribution in [0.4, 0.5) is 0 Å². The number of rotatable bonds is 21. The highest BCUT2D eigenvalue weighted by Crippen LogP contribution is 2.26. The fraction of sp³-hybridized carbons (Fsp3) is 0.765.